The highest BCUT2D eigenvalue weighted by Crippen LogP contribution is 2.21. The number of nitrogens with one attached hydrogen (secondary N) is 1. The molecule has 2 rings (SSSR count). The van der Waals surface area contributed by atoms with Crippen molar-refractivity contribution in [2.45, 2.75) is 20.4 Å². The molecule has 0 saturated carbocycles. The predicted octanol–water partition coefficient (Wildman–Crippen LogP) is 3.96. The summed E-state index contributed by atoms with van der Waals surface area (Å²) in [5, 5.41) is 13.5. The van der Waals surface area contributed by atoms with Crippen molar-refractivity contribution in [3.8, 4) is 0 Å². The van der Waals surface area contributed by atoms with Crippen LogP contribution in [0, 0.1) is 29.8 Å². The molecular formula is C15H15FN2O2. The van der Waals surface area contributed by atoms with Crippen molar-refractivity contribution in [2.24, 2.45) is 0 Å². The van der Waals surface area contributed by atoms with Gasteiger partial charge in [0.15, 0.2) is 5.82 Å². The van der Waals surface area contributed by atoms with Gasteiger partial charge >= 0.3 is 0 Å². The highest BCUT2D eigenvalue weighted by Gasteiger charge is 2.10. The maximum absolute atomic E-state index is 13.7. The van der Waals surface area contributed by atoms with Gasteiger partial charge in [-0.25, -0.2) is 4.39 Å². The van der Waals surface area contributed by atoms with Crippen LogP contribution in [0.1, 0.15) is 16.7 Å². The van der Waals surface area contributed by atoms with E-state index >= 15 is 0 Å². The fourth-order valence-electron chi connectivity index (χ4n) is 2.13. The molecule has 4 nitrogen and oxygen atoms in total. The van der Waals surface area contributed by atoms with Gasteiger partial charge in [-0.05, 0) is 25.5 Å². The van der Waals surface area contributed by atoms with Crippen LogP contribution in [-0.2, 0) is 6.54 Å². The monoisotopic (exact) mass is 274 g/mol. The Bertz CT molecular complexity index is 636. The molecule has 0 spiro atoms. The molecule has 1 N–H and O–H groups in total. The summed E-state index contributed by atoms with van der Waals surface area (Å²) in [7, 11) is 0. The lowest BCUT2D eigenvalue weighted by molar-refractivity contribution is -0.385. The molecule has 0 atom stereocenters. The van der Waals surface area contributed by atoms with Gasteiger partial charge in [-0.2, -0.15) is 0 Å². The van der Waals surface area contributed by atoms with E-state index in [4.69, 9.17) is 0 Å². The topological polar surface area (TPSA) is 55.2 Å². The van der Waals surface area contributed by atoms with Crippen LogP contribution < -0.4 is 5.32 Å². The third-order valence-electron chi connectivity index (χ3n) is 2.93. The lowest BCUT2D eigenvalue weighted by Crippen LogP contribution is -2.02. The van der Waals surface area contributed by atoms with Gasteiger partial charge in [-0.3, -0.25) is 10.1 Å². The Morgan fingerprint density at radius 2 is 1.80 bits per heavy atom. The van der Waals surface area contributed by atoms with Crippen LogP contribution >= 0.6 is 0 Å². The van der Waals surface area contributed by atoms with Crippen molar-refractivity contribution in [2.75, 3.05) is 5.32 Å². The highest BCUT2D eigenvalue weighted by molar-refractivity contribution is 5.50. The van der Waals surface area contributed by atoms with E-state index in [2.05, 4.69) is 11.4 Å². The molecule has 0 aliphatic rings. The predicted molar refractivity (Wildman–Crippen MR) is 76.3 cm³/mol. The summed E-state index contributed by atoms with van der Waals surface area (Å²) in [5.41, 5.74) is 3.34. The first kappa shape index (κ1) is 14.0. The maximum Gasteiger partial charge on any atom is 0.272 e. The number of hydrogen-bond acceptors (Lipinski definition) is 3. The summed E-state index contributed by atoms with van der Waals surface area (Å²) >= 11 is 0. The van der Waals surface area contributed by atoms with Crippen molar-refractivity contribution < 1.29 is 9.31 Å². The molecular weight excluding hydrogens is 259 g/mol. The fraction of sp³-hybridized carbons (Fsp3) is 0.200. The molecule has 0 aromatic heterocycles. The number of halogens is 1. The second-order valence-electron chi connectivity index (χ2n) is 4.77. The number of nitro groups is 1. The first-order valence-electron chi connectivity index (χ1n) is 6.20. The molecule has 0 heterocycles. The summed E-state index contributed by atoms with van der Waals surface area (Å²) in [5.74, 6) is -0.622. The zero-order valence-corrected chi connectivity index (χ0v) is 11.3. The molecule has 104 valence electrons. The van der Waals surface area contributed by atoms with Crippen LogP contribution in [-0.4, -0.2) is 4.92 Å². The number of nitrogens with zero attached hydrogens (tertiary/aromatic N) is 1. The molecule has 0 bridgehead atoms. The molecule has 0 amide bonds. The molecule has 2 aromatic carbocycles. The van der Waals surface area contributed by atoms with Crippen molar-refractivity contribution in [1.82, 2.24) is 0 Å². The Morgan fingerprint density at radius 3 is 2.35 bits per heavy atom. The first-order chi connectivity index (χ1) is 9.45. The van der Waals surface area contributed by atoms with E-state index in [0.717, 1.165) is 22.8 Å². The van der Waals surface area contributed by atoms with Crippen LogP contribution in [0.15, 0.2) is 36.4 Å². The Balaban J connectivity index is 2.12. The number of aryl methyl sites for hydroxylation is 2. The first-order valence-corrected chi connectivity index (χ1v) is 6.20. The molecule has 5 heteroatoms. The van der Waals surface area contributed by atoms with Gasteiger partial charge in [0, 0.05) is 12.6 Å². The SMILES string of the molecule is Cc1cc(C)cc(CNc2ccc([N+](=O)[O-])cc2F)c1. The Kier molecular flexibility index (Phi) is 3.98. The minimum Gasteiger partial charge on any atom is -0.379 e. The molecule has 20 heavy (non-hydrogen) atoms. The van der Waals surface area contributed by atoms with Crippen LogP contribution in [0.4, 0.5) is 15.8 Å². The zero-order chi connectivity index (χ0) is 14.7. The lowest BCUT2D eigenvalue weighted by Gasteiger charge is -2.09. The third-order valence-corrected chi connectivity index (χ3v) is 2.93. The molecule has 2 aromatic rings. The van der Waals surface area contributed by atoms with Gasteiger partial charge < -0.3 is 5.32 Å². The van der Waals surface area contributed by atoms with Gasteiger partial charge in [-0.15, -0.1) is 0 Å². The van der Waals surface area contributed by atoms with Crippen molar-refractivity contribution in [3.05, 3.63) is 69.0 Å². The largest absolute Gasteiger partial charge is 0.379 e. The number of benzene rings is 2. The zero-order valence-electron chi connectivity index (χ0n) is 11.3. The number of nitro benzene ring substituents is 1. The van der Waals surface area contributed by atoms with Crippen LogP contribution in [0.25, 0.3) is 0 Å². The fourth-order valence-corrected chi connectivity index (χ4v) is 2.13. The normalized spacial score (nSPS) is 10.3. The van der Waals surface area contributed by atoms with E-state index in [-0.39, 0.29) is 11.4 Å². The number of non-ortho nitro benzene ring substituents is 1. The average molecular weight is 274 g/mol. The van der Waals surface area contributed by atoms with Crippen molar-refractivity contribution in [1.29, 1.82) is 0 Å². The molecule has 0 unspecified atom stereocenters. The van der Waals surface area contributed by atoms with E-state index in [1.54, 1.807) is 0 Å². The van der Waals surface area contributed by atoms with E-state index < -0.39 is 10.7 Å². The van der Waals surface area contributed by atoms with Gasteiger partial charge in [-0.1, -0.05) is 29.3 Å². The second-order valence-corrected chi connectivity index (χ2v) is 4.77. The van der Waals surface area contributed by atoms with Crippen molar-refractivity contribution in [3.63, 3.8) is 0 Å². The quantitative estimate of drug-likeness (QED) is 0.678. The van der Waals surface area contributed by atoms with E-state index in [1.807, 2.05) is 26.0 Å². The van der Waals surface area contributed by atoms with E-state index in [9.17, 15) is 14.5 Å². The Hall–Kier alpha value is -2.43. The van der Waals surface area contributed by atoms with Crippen LogP contribution in [0.5, 0.6) is 0 Å². The maximum atomic E-state index is 13.7. The van der Waals surface area contributed by atoms with Gasteiger partial charge in [0.25, 0.3) is 5.69 Å². The minimum atomic E-state index is -0.622. The van der Waals surface area contributed by atoms with Gasteiger partial charge in [0.05, 0.1) is 16.7 Å². The number of rotatable bonds is 4. The highest BCUT2D eigenvalue weighted by atomic mass is 19.1. The average Bonchev–Trinajstić information content (AvgIpc) is 2.36. The lowest BCUT2D eigenvalue weighted by atomic mass is 10.1. The Labute approximate surface area is 116 Å². The summed E-state index contributed by atoms with van der Waals surface area (Å²) in [6.07, 6.45) is 0. The second kappa shape index (κ2) is 5.69. The molecule has 0 aliphatic carbocycles. The van der Waals surface area contributed by atoms with E-state index in [1.165, 1.54) is 12.1 Å². The van der Waals surface area contributed by atoms with Crippen LogP contribution in [0.3, 0.4) is 0 Å². The Morgan fingerprint density at radius 1 is 1.15 bits per heavy atom. The third kappa shape index (κ3) is 3.32. The van der Waals surface area contributed by atoms with E-state index in [0.29, 0.717) is 6.54 Å². The molecule has 0 saturated heterocycles. The molecule has 0 radical (unpaired) electrons. The summed E-state index contributed by atoms with van der Waals surface area (Å²) in [6, 6.07) is 9.69. The van der Waals surface area contributed by atoms with Crippen molar-refractivity contribution >= 4 is 11.4 Å². The standard InChI is InChI=1S/C15H15FN2O2/c1-10-5-11(2)7-12(6-10)9-17-15-4-3-13(18(19)20)8-14(15)16/h3-8,17H,9H2,1-2H3. The molecule has 0 fully saturated rings. The summed E-state index contributed by atoms with van der Waals surface area (Å²) in [6.45, 7) is 4.48. The smallest absolute Gasteiger partial charge is 0.272 e. The molecule has 0 aliphatic heterocycles. The minimum absolute atomic E-state index is 0.251. The van der Waals surface area contributed by atoms with Crippen LogP contribution in [0.2, 0.25) is 0 Å². The summed E-state index contributed by atoms with van der Waals surface area (Å²) < 4.78 is 13.7. The summed E-state index contributed by atoms with van der Waals surface area (Å²) in [4.78, 5) is 9.92. The van der Waals surface area contributed by atoms with Gasteiger partial charge in [0.2, 0.25) is 0 Å². The van der Waals surface area contributed by atoms with Gasteiger partial charge in [0.1, 0.15) is 0 Å². The number of hydrogen-bond donors (Lipinski definition) is 1. The number of anilines is 1.